The first-order valence-electron chi connectivity index (χ1n) is 14.7. The van der Waals surface area contributed by atoms with Crippen molar-refractivity contribution in [3.63, 3.8) is 0 Å². The molecule has 1 unspecified atom stereocenters. The van der Waals surface area contributed by atoms with Gasteiger partial charge in [-0.05, 0) is 62.7 Å². The molecule has 0 spiro atoms. The van der Waals surface area contributed by atoms with Crippen molar-refractivity contribution in [1.29, 1.82) is 0 Å². The van der Waals surface area contributed by atoms with Gasteiger partial charge in [0.25, 0.3) is 0 Å². The molecule has 42 heavy (non-hydrogen) atoms. The van der Waals surface area contributed by atoms with Gasteiger partial charge < -0.3 is 15.4 Å². The summed E-state index contributed by atoms with van der Waals surface area (Å²) in [6.45, 7) is 1.75. The van der Waals surface area contributed by atoms with Crippen LogP contribution in [-0.2, 0) is 4.79 Å². The van der Waals surface area contributed by atoms with Crippen molar-refractivity contribution in [3.8, 4) is 17.2 Å². The van der Waals surface area contributed by atoms with E-state index in [9.17, 15) is 9.59 Å². The van der Waals surface area contributed by atoms with Crippen LogP contribution >= 0.6 is 0 Å². The molecule has 1 saturated carbocycles. The van der Waals surface area contributed by atoms with Gasteiger partial charge in [-0.2, -0.15) is 0 Å². The van der Waals surface area contributed by atoms with Crippen LogP contribution in [0.1, 0.15) is 44.6 Å². The Bertz CT molecular complexity index is 1620. The Balaban J connectivity index is 1.20. The second-order valence-electron chi connectivity index (χ2n) is 11.2. The molecule has 218 valence electrons. The lowest BCUT2D eigenvalue weighted by atomic mass is 9.94. The van der Waals surface area contributed by atoms with Crippen LogP contribution < -0.4 is 16.2 Å². The summed E-state index contributed by atoms with van der Waals surface area (Å²) in [7, 11) is 2.14. The summed E-state index contributed by atoms with van der Waals surface area (Å²) in [5.74, 6) is 1.56. The van der Waals surface area contributed by atoms with Gasteiger partial charge >= 0.3 is 5.69 Å². The third-order valence-corrected chi connectivity index (χ3v) is 8.45. The first-order valence-corrected chi connectivity index (χ1v) is 14.7. The fraction of sp³-hybridized carbons (Fsp3) is 0.375. The number of likely N-dealkylation sites (tertiary alicyclic amines) is 1. The maximum atomic E-state index is 13.9. The van der Waals surface area contributed by atoms with E-state index in [0.717, 1.165) is 12.3 Å². The quantitative estimate of drug-likeness (QED) is 0.311. The topological polar surface area (TPSA) is 112 Å². The number of hydrogen-bond donors (Lipinski definition) is 1. The largest absolute Gasteiger partial charge is 0.457 e. The molecule has 1 aliphatic heterocycles. The highest BCUT2D eigenvalue weighted by Crippen LogP contribution is 2.29. The molecular formula is C32H37N7O3. The van der Waals surface area contributed by atoms with Crippen molar-refractivity contribution in [3.05, 3.63) is 83.6 Å². The van der Waals surface area contributed by atoms with Crippen LogP contribution in [-0.4, -0.2) is 67.5 Å². The van der Waals surface area contributed by atoms with Gasteiger partial charge in [-0.1, -0.05) is 43.5 Å². The number of aromatic nitrogens is 4. The first-order chi connectivity index (χ1) is 20.5. The number of amides is 1. The Morgan fingerprint density at radius 3 is 2.52 bits per heavy atom. The first kappa shape index (κ1) is 27.7. The zero-order valence-corrected chi connectivity index (χ0v) is 23.9. The predicted octanol–water partition coefficient (Wildman–Crippen LogP) is 4.55. The minimum atomic E-state index is -0.266. The highest BCUT2D eigenvalue weighted by molar-refractivity contribution is 5.88. The number of hydrogen-bond acceptors (Lipinski definition) is 7. The Hall–Kier alpha value is -4.44. The molecule has 2 fully saturated rings. The van der Waals surface area contributed by atoms with E-state index in [1.54, 1.807) is 20.1 Å². The molecule has 10 nitrogen and oxygen atoms in total. The molecular weight excluding hydrogens is 530 g/mol. The van der Waals surface area contributed by atoms with E-state index in [-0.39, 0.29) is 23.5 Å². The van der Waals surface area contributed by atoms with E-state index in [1.807, 2.05) is 60.7 Å². The second-order valence-corrected chi connectivity index (χ2v) is 11.2. The zero-order valence-electron chi connectivity index (χ0n) is 23.9. The van der Waals surface area contributed by atoms with Crippen LogP contribution in [0.3, 0.4) is 0 Å². The Kier molecular flexibility index (Phi) is 8.05. The van der Waals surface area contributed by atoms with Crippen LogP contribution in [0.5, 0.6) is 11.5 Å². The van der Waals surface area contributed by atoms with Crippen molar-refractivity contribution in [2.24, 2.45) is 0 Å². The number of nitrogens with zero attached hydrogens (tertiary/aromatic N) is 6. The van der Waals surface area contributed by atoms with Crippen molar-refractivity contribution in [2.75, 3.05) is 32.4 Å². The van der Waals surface area contributed by atoms with Crippen molar-refractivity contribution in [2.45, 2.75) is 50.6 Å². The number of benzene rings is 2. The molecule has 0 radical (unpaired) electrons. The molecule has 1 amide bonds. The van der Waals surface area contributed by atoms with E-state index >= 15 is 0 Å². The summed E-state index contributed by atoms with van der Waals surface area (Å²) < 4.78 is 9.12. The third-order valence-electron chi connectivity index (χ3n) is 8.45. The SMILES string of the molecule is CN(CC=CC(=O)N1CCC(n2c(=O)n(-c3ccc(Oc4ccccc4)cc3)c3c(N)ncnc32)C1)C1CCCCC1. The summed E-state index contributed by atoms with van der Waals surface area (Å²) in [6.07, 6.45) is 12.0. The predicted molar refractivity (Wildman–Crippen MR) is 163 cm³/mol. The van der Waals surface area contributed by atoms with E-state index in [4.69, 9.17) is 10.5 Å². The van der Waals surface area contributed by atoms with Gasteiger partial charge in [0.1, 0.15) is 23.3 Å². The summed E-state index contributed by atoms with van der Waals surface area (Å²) >= 11 is 0. The zero-order chi connectivity index (χ0) is 29.1. The fourth-order valence-electron chi connectivity index (χ4n) is 6.17. The average Bonchev–Trinajstić information content (AvgIpc) is 3.61. The highest BCUT2D eigenvalue weighted by Gasteiger charge is 2.31. The smallest absolute Gasteiger partial charge is 0.335 e. The number of anilines is 1. The van der Waals surface area contributed by atoms with Gasteiger partial charge in [-0.3, -0.25) is 18.8 Å². The number of nitrogens with two attached hydrogens (primary N) is 1. The summed E-state index contributed by atoms with van der Waals surface area (Å²) in [6, 6.07) is 17.1. The molecule has 2 aromatic heterocycles. The van der Waals surface area contributed by atoms with Crippen molar-refractivity contribution in [1.82, 2.24) is 28.9 Å². The lowest BCUT2D eigenvalue weighted by molar-refractivity contribution is -0.125. The standard InChI is InChI=1S/C32H37N7O3/c1-36(23-9-4-2-5-10-23)19-8-13-28(40)37-20-18-25(21-37)39-31-29(30(33)34-22-35-31)38(32(39)41)24-14-16-27(17-15-24)42-26-11-6-3-7-12-26/h3,6-8,11-17,22-23,25H,2,4-5,9-10,18-21H2,1H3,(H2,33,34,35). The molecule has 3 heterocycles. The van der Waals surface area contributed by atoms with Crippen LogP contribution in [0.2, 0.25) is 0 Å². The Morgan fingerprint density at radius 1 is 1.02 bits per heavy atom. The van der Waals surface area contributed by atoms with Crippen LogP contribution in [0.4, 0.5) is 5.82 Å². The number of rotatable bonds is 8. The van der Waals surface area contributed by atoms with Gasteiger partial charge in [0.05, 0.1) is 11.7 Å². The van der Waals surface area contributed by atoms with Gasteiger partial charge in [0.15, 0.2) is 11.5 Å². The van der Waals surface area contributed by atoms with Crippen molar-refractivity contribution < 1.29 is 9.53 Å². The molecule has 2 aliphatic rings. The monoisotopic (exact) mass is 567 g/mol. The van der Waals surface area contributed by atoms with Gasteiger partial charge in [-0.15, -0.1) is 0 Å². The van der Waals surface area contributed by atoms with Gasteiger partial charge in [-0.25, -0.2) is 14.8 Å². The van der Waals surface area contributed by atoms with Crippen LogP contribution in [0.15, 0.2) is 77.9 Å². The number of ether oxygens (including phenoxy) is 1. The lowest BCUT2D eigenvalue weighted by Gasteiger charge is -2.30. The molecule has 6 rings (SSSR count). The number of imidazole rings is 1. The van der Waals surface area contributed by atoms with Crippen molar-refractivity contribution >= 4 is 22.9 Å². The fourth-order valence-corrected chi connectivity index (χ4v) is 6.17. The maximum absolute atomic E-state index is 13.9. The molecule has 1 aliphatic carbocycles. The van der Waals surface area contributed by atoms with Gasteiger partial charge in [0.2, 0.25) is 5.91 Å². The maximum Gasteiger partial charge on any atom is 0.335 e. The Morgan fingerprint density at radius 2 is 1.76 bits per heavy atom. The normalized spacial score (nSPS) is 18.0. The second kappa shape index (κ2) is 12.2. The van der Waals surface area contributed by atoms with Gasteiger partial charge in [0, 0.05) is 31.8 Å². The van der Waals surface area contributed by atoms with Crippen LogP contribution in [0, 0.1) is 0 Å². The number of para-hydroxylation sites is 1. The molecule has 2 N–H and O–H groups in total. The average molecular weight is 568 g/mol. The number of nitrogen functional groups attached to an aromatic ring is 1. The van der Waals surface area contributed by atoms with E-state index in [2.05, 4.69) is 21.9 Å². The lowest BCUT2D eigenvalue weighted by Crippen LogP contribution is -2.34. The number of carbonyl (C=O) groups is 1. The number of likely N-dealkylation sites (N-methyl/N-ethyl adjacent to an activating group) is 1. The van der Waals surface area contributed by atoms with E-state index < -0.39 is 0 Å². The summed E-state index contributed by atoms with van der Waals surface area (Å²) in [5.41, 5.74) is 7.56. The number of fused-ring (bicyclic) bond motifs is 1. The molecule has 1 atom stereocenters. The molecule has 10 heteroatoms. The summed E-state index contributed by atoms with van der Waals surface area (Å²) in [5, 5.41) is 0. The van der Waals surface area contributed by atoms with E-state index in [1.165, 1.54) is 38.4 Å². The minimum Gasteiger partial charge on any atom is -0.457 e. The number of carbonyl (C=O) groups excluding carboxylic acids is 1. The molecule has 4 aromatic rings. The Labute approximate surface area is 245 Å². The molecule has 0 bridgehead atoms. The highest BCUT2D eigenvalue weighted by atomic mass is 16.5. The van der Waals surface area contributed by atoms with Crippen LogP contribution in [0.25, 0.3) is 16.9 Å². The van der Waals surface area contributed by atoms with E-state index in [0.29, 0.717) is 48.2 Å². The minimum absolute atomic E-state index is 0.0329. The third kappa shape index (κ3) is 5.67. The molecule has 1 saturated heterocycles. The molecule has 2 aromatic carbocycles. The summed E-state index contributed by atoms with van der Waals surface area (Å²) in [4.78, 5) is 39.7.